The minimum atomic E-state index is -0.258. The zero-order valence-corrected chi connectivity index (χ0v) is 18.6. The van der Waals surface area contributed by atoms with Crippen LogP contribution in [0.15, 0.2) is 48.5 Å². The largest absolute Gasteiger partial charge is 0.493 e. The molecule has 3 rings (SSSR count). The Morgan fingerprint density at radius 2 is 2.07 bits per heavy atom. The molecule has 0 bridgehead atoms. The summed E-state index contributed by atoms with van der Waals surface area (Å²) >= 11 is 7.50. The van der Waals surface area contributed by atoms with Crippen LogP contribution in [-0.4, -0.2) is 24.6 Å². The van der Waals surface area contributed by atoms with Crippen molar-refractivity contribution in [3.63, 3.8) is 0 Å². The molecule has 0 aliphatic heterocycles. The molecule has 7 heteroatoms. The van der Waals surface area contributed by atoms with Gasteiger partial charge in [0.2, 0.25) is 5.91 Å². The molecule has 0 unspecified atom stereocenters. The first-order valence-electron chi connectivity index (χ1n) is 9.53. The maximum atomic E-state index is 12.4. The number of benzene rings is 2. The highest BCUT2D eigenvalue weighted by atomic mass is 35.5. The molecule has 0 fully saturated rings. The van der Waals surface area contributed by atoms with Crippen LogP contribution in [0.1, 0.15) is 23.8 Å². The first-order chi connectivity index (χ1) is 14.5. The van der Waals surface area contributed by atoms with E-state index >= 15 is 0 Å². The second-order valence-electron chi connectivity index (χ2n) is 6.52. The number of hydrogen-bond acceptors (Lipinski definition) is 5. The quantitative estimate of drug-likeness (QED) is 0.420. The van der Waals surface area contributed by atoms with Gasteiger partial charge in [-0.1, -0.05) is 36.7 Å². The number of carbonyl (C=O) groups excluding carboxylic acids is 1. The van der Waals surface area contributed by atoms with E-state index in [9.17, 15) is 4.79 Å². The van der Waals surface area contributed by atoms with Gasteiger partial charge in [-0.15, -0.1) is 11.3 Å². The van der Waals surface area contributed by atoms with Gasteiger partial charge in [0.05, 0.1) is 19.4 Å². The van der Waals surface area contributed by atoms with Crippen LogP contribution in [-0.2, 0) is 4.79 Å². The monoisotopic (exact) mass is 442 g/mol. The Hall–Kier alpha value is -2.83. The van der Waals surface area contributed by atoms with Crippen LogP contribution in [0.25, 0.3) is 17.3 Å². The number of aromatic nitrogens is 1. The lowest BCUT2D eigenvalue weighted by Gasteiger charge is -2.10. The second kappa shape index (κ2) is 10.3. The van der Waals surface area contributed by atoms with Gasteiger partial charge in [-0.3, -0.25) is 10.1 Å². The number of nitrogens with zero attached hydrogens (tertiary/aromatic N) is 1. The van der Waals surface area contributed by atoms with Crippen LogP contribution >= 0.6 is 22.9 Å². The molecule has 1 N–H and O–H groups in total. The Labute approximate surface area is 185 Å². The summed E-state index contributed by atoms with van der Waals surface area (Å²) in [6, 6.07) is 13.0. The first-order valence-corrected chi connectivity index (χ1v) is 10.7. The molecule has 0 aliphatic rings. The summed E-state index contributed by atoms with van der Waals surface area (Å²) < 4.78 is 11.0. The molecule has 1 heterocycles. The molecule has 1 aromatic heterocycles. The number of halogens is 1. The molecule has 3 aromatic rings. The van der Waals surface area contributed by atoms with Crippen LogP contribution in [0.3, 0.4) is 0 Å². The summed E-state index contributed by atoms with van der Waals surface area (Å²) in [5, 5.41) is 4.01. The molecule has 2 aromatic carbocycles. The van der Waals surface area contributed by atoms with Crippen molar-refractivity contribution >= 4 is 40.1 Å². The Balaban J connectivity index is 1.68. The van der Waals surface area contributed by atoms with Crippen molar-refractivity contribution in [2.24, 2.45) is 0 Å². The molecular formula is C23H23ClN2O3S. The molecule has 0 aliphatic carbocycles. The molecule has 5 nitrogen and oxygen atoms in total. The predicted octanol–water partition coefficient (Wildman–Crippen LogP) is 6.22. The number of methoxy groups -OCH3 is 1. The SMILES string of the molecule is CCCOc1ccc(/C=C/C(=O)Nc2nc(-c3cccc(Cl)c3)c(C)s2)cc1OC. The zero-order valence-electron chi connectivity index (χ0n) is 17.1. The van der Waals surface area contributed by atoms with Crippen molar-refractivity contribution in [2.45, 2.75) is 20.3 Å². The fourth-order valence-electron chi connectivity index (χ4n) is 2.79. The summed E-state index contributed by atoms with van der Waals surface area (Å²) in [7, 11) is 1.59. The standard InChI is InChI=1S/C23H23ClN2O3S/c1-4-12-29-19-10-8-16(13-20(19)28-3)9-11-21(27)25-23-26-22(15(2)30-23)17-6-5-7-18(24)14-17/h5-11,13-14H,4,12H2,1-3H3,(H,25,26,27)/b11-9+. The fourth-order valence-corrected chi connectivity index (χ4v) is 3.82. The molecule has 0 saturated heterocycles. The lowest BCUT2D eigenvalue weighted by atomic mass is 10.1. The van der Waals surface area contributed by atoms with Crippen LogP contribution < -0.4 is 14.8 Å². The molecule has 0 spiro atoms. The number of hydrogen-bond donors (Lipinski definition) is 1. The Kier molecular flexibility index (Phi) is 7.49. The van der Waals surface area contributed by atoms with E-state index in [1.165, 1.54) is 17.4 Å². The smallest absolute Gasteiger partial charge is 0.250 e. The van der Waals surface area contributed by atoms with Crippen molar-refractivity contribution < 1.29 is 14.3 Å². The number of rotatable bonds is 8. The number of aryl methyl sites for hydroxylation is 1. The van der Waals surface area contributed by atoms with Gasteiger partial charge in [-0.2, -0.15) is 0 Å². The average Bonchev–Trinajstić information content (AvgIpc) is 3.10. The summed E-state index contributed by atoms with van der Waals surface area (Å²) in [5.41, 5.74) is 2.57. The topological polar surface area (TPSA) is 60.5 Å². The lowest BCUT2D eigenvalue weighted by molar-refractivity contribution is -0.111. The van der Waals surface area contributed by atoms with Gasteiger partial charge < -0.3 is 9.47 Å². The van der Waals surface area contributed by atoms with E-state index in [-0.39, 0.29) is 5.91 Å². The normalized spacial score (nSPS) is 10.9. The summed E-state index contributed by atoms with van der Waals surface area (Å²) in [6.45, 7) is 4.64. The van der Waals surface area contributed by atoms with Gasteiger partial charge in [0.1, 0.15) is 0 Å². The molecular weight excluding hydrogens is 420 g/mol. The van der Waals surface area contributed by atoms with E-state index in [0.29, 0.717) is 28.3 Å². The molecule has 30 heavy (non-hydrogen) atoms. The van der Waals surface area contributed by atoms with Crippen molar-refractivity contribution in [1.82, 2.24) is 4.98 Å². The molecule has 0 radical (unpaired) electrons. The predicted molar refractivity (Wildman–Crippen MR) is 124 cm³/mol. The third kappa shape index (κ3) is 5.62. The zero-order chi connectivity index (χ0) is 21.5. The fraction of sp³-hybridized carbons (Fsp3) is 0.217. The maximum Gasteiger partial charge on any atom is 0.250 e. The first kappa shape index (κ1) is 21.9. The van der Waals surface area contributed by atoms with E-state index in [1.807, 2.05) is 56.3 Å². The maximum absolute atomic E-state index is 12.4. The number of nitrogens with one attached hydrogen (secondary N) is 1. The number of thiazole rings is 1. The molecule has 1 amide bonds. The number of anilines is 1. The van der Waals surface area contributed by atoms with E-state index in [2.05, 4.69) is 10.3 Å². The van der Waals surface area contributed by atoms with Crippen molar-refractivity contribution in [3.8, 4) is 22.8 Å². The Morgan fingerprint density at radius 3 is 2.80 bits per heavy atom. The van der Waals surface area contributed by atoms with Crippen molar-refractivity contribution in [3.05, 3.63) is 64.0 Å². The molecule has 156 valence electrons. The number of carbonyl (C=O) groups is 1. The summed E-state index contributed by atoms with van der Waals surface area (Å²) in [6.07, 6.45) is 4.11. The molecule has 0 atom stereocenters. The highest BCUT2D eigenvalue weighted by Gasteiger charge is 2.11. The summed E-state index contributed by atoms with van der Waals surface area (Å²) in [5.74, 6) is 1.06. The van der Waals surface area contributed by atoms with Crippen LogP contribution in [0.4, 0.5) is 5.13 Å². The third-order valence-corrected chi connectivity index (χ3v) is 5.32. The van der Waals surface area contributed by atoms with E-state index < -0.39 is 0 Å². The summed E-state index contributed by atoms with van der Waals surface area (Å²) in [4.78, 5) is 17.9. The van der Waals surface area contributed by atoms with E-state index in [0.717, 1.165) is 28.1 Å². The van der Waals surface area contributed by atoms with Crippen LogP contribution in [0, 0.1) is 6.92 Å². The highest BCUT2D eigenvalue weighted by Crippen LogP contribution is 2.32. The van der Waals surface area contributed by atoms with Gasteiger partial charge in [0.25, 0.3) is 0 Å². The van der Waals surface area contributed by atoms with Gasteiger partial charge in [-0.05, 0) is 49.2 Å². The van der Waals surface area contributed by atoms with Crippen LogP contribution in [0.5, 0.6) is 11.5 Å². The minimum absolute atomic E-state index is 0.258. The molecule has 0 saturated carbocycles. The third-order valence-electron chi connectivity index (χ3n) is 4.20. The Morgan fingerprint density at radius 1 is 1.23 bits per heavy atom. The van der Waals surface area contributed by atoms with Crippen LogP contribution in [0.2, 0.25) is 5.02 Å². The van der Waals surface area contributed by atoms with Crippen molar-refractivity contribution in [1.29, 1.82) is 0 Å². The van der Waals surface area contributed by atoms with Gasteiger partial charge in [0.15, 0.2) is 16.6 Å². The Bertz CT molecular complexity index is 1060. The number of amides is 1. The van der Waals surface area contributed by atoms with E-state index in [1.54, 1.807) is 13.2 Å². The number of ether oxygens (including phenoxy) is 2. The van der Waals surface area contributed by atoms with Gasteiger partial charge in [0, 0.05) is 21.5 Å². The minimum Gasteiger partial charge on any atom is -0.493 e. The van der Waals surface area contributed by atoms with Gasteiger partial charge >= 0.3 is 0 Å². The highest BCUT2D eigenvalue weighted by molar-refractivity contribution is 7.16. The van der Waals surface area contributed by atoms with Crippen molar-refractivity contribution in [2.75, 3.05) is 19.0 Å². The van der Waals surface area contributed by atoms with Gasteiger partial charge in [-0.25, -0.2) is 4.98 Å². The van der Waals surface area contributed by atoms with E-state index in [4.69, 9.17) is 21.1 Å². The average molecular weight is 443 g/mol. The second-order valence-corrected chi connectivity index (χ2v) is 8.16. The lowest BCUT2D eigenvalue weighted by Crippen LogP contribution is -2.07.